The van der Waals surface area contributed by atoms with Crippen molar-refractivity contribution in [3.63, 3.8) is 0 Å². The molecule has 0 aliphatic rings. The van der Waals surface area contributed by atoms with E-state index in [0.29, 0.717) is 37.3 Å². The zero-order valence-electron chi connectivity index (χ0n) is 15.0. The number of furan rings is 1. The highest BCUT2D eigenvalue weighted by molar-refractivity contribution is 5.94. The van der Waals surface area contributed by atoms with Gasteiger partial charge in [0.2, 0.25) is 5.91 Å². The van der Waals surface area contributed by atoms with Crippen LogP contribution in [-0.2, 0) is 11.3 Å². The molecule has 25 heavy (non-hydrogen) atoms. The highest BCUT2D eigenvalue weighted by Crippen LogP contribution is 2.15. The summed E-state index contributed by atoms with van der Waals surface area (Å²) in [5, 5.41) is 0. The van der Waals surface area contributed by atoms with Gasteiger partial charge in [-0.15, -0.1) is 0 Å². The van der Waals surface area contributed by atoms with E-state index in [0.717, 1.165) is 5.76 Å². The molecule has 2 aromatic rings. The van der Waals surface area contributed by atoms with Gasteiger partial charge < -0.3 is 14.1 Å². The number of hydrogen-bond acceptors (Lipinski definition) is 4. The van der Waals surface area contributed by atoms with Crippen molar-refractivity contribution in [1.29, 1.82) is 0 Å². The average Bonchev–Trinajstić information content (AvgIpc) is 3.09. The van der Waals surface area contributed by atoms with E-state index in [1.807, 2.05) is 32.0 Å². The van der Waals surface area contributed by atoms with Gasteiger partial charge in [0.05, 0.1) is 19.4 Å². The van der Waals surface area contributed by atoms with Crippen LogP contribution in [0.15, 0.2) is 47.1 Å². The molecule has 0 spiro atoms. The zero-order valence-corrected chi connectivity index (χ0v) is 15.0. The number of rotatable bonds is 9. The Kier molecular flexibility index (Phi) is 6.81. The number of carbonyl (C=O) groups excluding carboxylic acids is 2. The van der Waals surface area contributed by atoms with Gasteiger partial charge in [0.25, 0.3) is 0 Å². The highest BCUT2D eigenvalue weighted by atomic mass is 16.5. The molecule has 5 nitrogen and oxygen atoms in total. The second-order valence-corrected chi connectivity index (χ2v) is 6.23. The Morgan fingerprint density at radius 1 is 1.20 bits per heavy atom. The monoisotopic (exact) mass is 343 g/mol. The molecule has 0 aliphatic carbocycles. The molecule has 5 heteroatoms. The highest BCUT2D eigenvalue weighted by Gasteiger charge is 2.18. The van der Waals surface area contributed by atoms with Crippen molar-refractivity contribution in [2.45, 2.75) is 46.2 Å². The summed E-state index contributed by atoms with van der Waals surface area (Å²) in [7, 11) is 0. The summed E-state index contributed by atoms with van der Waals surface area (Å²) in [6, 6.07) is 10.9. The largest absolute Gasteiger partial charge is 0.494 e. The van der Waals surface area contributed by atoms with Crippen molar-refractivity contribution in [1.82, 2.24) is 4.90 Å². The van der Waals surface area contributed by atoms with E-state index in [2.05, 4.69) is 0 Å². The van der Waals surface area contributed by atoms with Gasteiger partial charge in [0.15, 0.2) is 5.78 Å². The third-order valence-corrected chi connectivity index (χ3v) is 3.89. The zero-order chi connectivity index (χ0) is 18.2. The minimum atomic E-state index is 0.00568. The summed E-state index contributed by atoms with van der Waals surface area (Å²) in [5.41, 5.74) is 0.623. The van der Waals surface area contributed by atoms with Crippen LogP contribution < -0.4 is 4.74 Å². The van der Waals surface area contributed by atoms with Crippen LogP contribution >= 0.6 is 0 Å². The van der Waals surface area contributed by atoms with Gasteiger partial charge in [-0.3, -0.25) is 9.59 Å². The van der Waals surface area contributed by atoms with Gasteiger partial charge >= 0.3 is 0 Å². The van der Waals surface area contributed by atoms with Crippen LogP contribution in [0.4, 0.5) is 0 Å². The number of carbonyl (C=O) groups is 2. The van der Waals surface area contributed by atoms with Crippen LogP contribution in [0.1, 0.15) is 49.7 Å². The minimum absolute atomic E-state index is 0.00568. The SMILES string of the molecule is CC(=O)c1cccc(OCCCC(=O)N(Cc2ccco2)C(C)C)c1. The molecule has 0 unspecified atom stereocenters. The Morgan fingerprint density at radius 3 is 2.64 bits per heavy atom. The Hall–Kier alpha value is -2.56. The molecule has 1 aromatic carbocycles. The second-order valence-electron chi connectivity index (χ2n) is 6.23. The molecule has 0 fully saturated rings. The Bertz CT molecular complexity index is 691. The van der Waals surface area contributed by atoms with E-state index < -0.39 is 0 Å². The maximum absolute atomic E-state index is 12.4. The predicted octanol–water partition coefficient (Wildman–Crippen LogP) is 4.08. The van der Waals surface area contributed by atoms with Crippen LogP contribution in [0.2, 0.25) is 0 Å². The number of Topliss-reactive ketones (excluding diaryl/α,β-unsaturated/α-hetero) is 1. The first kappa shape index (κ1) is 18.8. The first-order chi connectivity index (χ1) is 12.0. The Balaban J connectivity index is 1.80. The van der Waals surface area contributed by atoms with Gasteiger partial charge in [-0.25, -0.2) is 0 Å². The maximum Gasteiger partial charge on any atom is 0.223 e. The van der Waals surface area contributed by atoms with Crippen molar-refractivity contribution in [3.05, 3.63) is 54.0 Å². The molecule has 2 rings (SSSR count). The van der Waals surface area contributed by atoms with Crippen molar-refractivity contribution in [2.24, 2.45) is 0 Å². The lowest BCUT2D eigenvalue weighted by Gasteiger charge is -2.26. The fraction of sp³-hybridized carbons (Fsp3) is 0.400. The molecule has 0 saturated heterocycles. The number of benzene rings is 1. The number of ketones is 1. The van der Waals surface area contributed by atoms with E-state index >= 15 is 0 Å². The quantitative estimate of drug-likeness (QED) is 0.508. The van der Waals surface area contributed by atoms with E-state index in [9.17, 15) is 9.59 Å². The van der Waals surface area contributed by atoms with E-state index in [1.165, 1.54) is 6.92 Å². The van der Waals surface area contributed by atoms with E-state index in [4.69, 9.17) is 9.15 Å². The molecule has 1 heterocycles. The fourth-order valence-electron chi connectivity index (χ4n) is 2.49. The topological polar surface area (TPSA) is 59.8 Å². The summed E-state index contributed by atoms with van der Waals surface area (Å²) >= 11 is 0. The van der Waals surface area contributed by atoms with Crippen molar-refractivity contribution in [2.75, 3.05) is 6.61 Å². The van der Waals surface area contributed by atoms with Crippen LogP contribution in [0.3, 0.4) is 0 Å². The smallest absolute Gasteiger partial charge is 0.223 e. The molecule has 1 amide bonds. The maximum atomic E-state index is 12.4. The van der Waals surface area contributed by atoms with Gasteiger partial charge in [-0.05, 0) is 51.5 Å². The summed E-state index contributed by atoms with van der Waals surface area (Å²) in [6.07, 6.45) is 2.64. The summed E-state index contributed by atoms with van der Waals surface area (Å²) in [5.74, 6) is 1.51. The Morgan fingerprint density at radius 2 is 2.00 bits per heavy atom. The lowest BCUT2D eigenvalue weighted by atomic mass is 10.1. The average molecular weight is 343 g/mol. The molecule has 1 aromatic heterocycles. The van der Waals surface area contributed by atoms with Crippen molar-refractivity contribution in [3.8, 4) is 5.75 Å². The Labute approximate surface area is 148 Å². The number of ether oxygens (including phenoxy) is 1. The summed E-state index contributed by atoms with van der Waals surface area (Å²) < 4.78 is 11.0. The third-order valence-electron chi connectivity index (χ3n) is 3.89. The van der Waals surface area contributed by atoms with Crippen molar-refractivity contribution >= 4 is 11.7 Å². The molecule has 0 aliphatic heterocycles. The number of nitrogens with zero attached hydrogens (tertiary/aromatic N) is 1. The fourth-order valence-corrected chi connectivity index (χ4v) is 2.49. The van der Waals surface area contributed by atoms with E-state index in [1.54, 1.807) is 29.4 Å². The molecular formula is C20H25NO4. The molecule has 0 radical (unpaired) electrons. The normalized spacial score (nSPS) is 10.7. The number of hydrogen-bond donors (Lipinski definition) is 0. The number of amides is 1. The van der Waals surface area contributed by atoms with E-state index in [-0.39, 0.29) is 17.7 Å². The summed E-state index contributed by atoms with van der Waals surface area (Å²) in [6.45, 7) is 6.41. The second kappa shape index (κ2) is 9.06. The standard InChI is InChI=1S/C20H25NO4/c1-15(2)21(14-19-9-5-11-25-19)20(23)10-6-12-24-18-8-4-7-17(13-18)16(3)22/h4-5,7-9,11,13,15H,6,10,12,14H2,1-3H3. The molecule has 0 atom stereocenters. The first-order valence-electron chi connectivity index (χ1n) is 8.53. The van der Waals surface area contributed by atoms with Gasteiger partial charge in [0, 0.05) is 18.0 Å². The van der Waals surface area contributed by atoms with Gasteiger partial charge in [0.1, 0.15) is 11.5 Å². The van der Waals surface area contributed by atoms with Crippen LogP contribution in [0.25, 0.3) is 0 Å². The third kappa shape index (κ3) is 5.78. The van der Waals surface area contributed by atoms with Gasteiger partial charge in [-0.1, -0.05) is 12.1 Å². The molecular weight excluding hydrogens is 318 g/mol. The molecule has 134 valence electrons. The minimum Gasteiger partial charge on any atom is -0.494 e. The predicted molar refractivity (Wildman–Crippen MR) is 95.6 cm³/mol. The van der Waals surface area contributed by atoms with Crippen LogP contribution in [0.5, 0.6) is 5.75 Å². The molecule has 0 N–H and O–H groups in total. The van der Waals surface area contributed by atoms with Gasteiger partial charge in [-0.2, -0.15) is 0 Å². The summed E-state index contributed by atoms with van der Waals surface area (Å²) in [4.78, 5) is 25.6. The first-order valence-corrected chi connectivity index (χ1v) is 8.53. The van der Waals surface area contributed by atoms with Crippen molar-refractivity contribution < 1.29 is 18.7 Å². The van der Waals surface area contributed by atoms with Crippen LogP contribution in [-0.4, -0.2) is 29.2 Å². The molecule has 0 saturated carbocycles. The van der Waals surface area contributed by atoms with Crippen LogP contribution in [0, 0.1) is 0 Å². The lowest BCUT2D eigenvalue weighted by Crippen LogP contribution is -2.36. The lowest BCUT2D eigenvalue weighted by molar-refractivity contribution is -0.134. The molecule has 0 bridgehead atoms.